The summed E-state index contributed by atoms with van der Waals surface area (Å²) in [4.78, 5) is 2.42. The van der Waals surface area contributed by atoms with Crippen LogP contribution in [0.25, 0.3) is 0 Å². The molecule has 6 nitrogen and oxygen atoms in total. The number of hydrogen-bond donors (Lipinski definition) is 1. The van der Waals surface area contributed by atoms with Crippen LogP contribution >= 0.6 is 0 Å². The average Bonchev–Trinajstić information content (AvgIpc) is 2.46. The first-order valence-electron chi connectivity index (χ1n) is 7.08. The largest absolute Gasteiger partial charge is 0.382 e. The van der Waals surface area contributed by atoms with E-state index < -0.39 is 0 Å². The molecule has 0 aliphatic carbocycles. The Kier molecular flexibility index (Phi) is 11.3. The van der Waals surface area contributed by atoms with Crippen molar-refractivity contribution in [3.63, 3.8) is 0 Å². The van der Waals surface area contributed by atoms with Crippen molar-refractivity contribution >= 4 is 0 Å². The summed E-state index contributed by atoms with van der Waals surface area (Å²) < 4.78 is 21.1. The van der Waals surface area contributed by atoms with Gasteiger partial charge in [-0.15, -0.1) is 0 Å². The van der Waals surface area contributed by atoms with Gasteiger partial charge < -0.3 is 24.3 Å². The highest BCUT2D eigenvalue weighted by atomic mass is 16.6. The van der Waals surface area contributed by atoms with Gasteiger partial charge in [-0.25, -0.2) is 0 Å². The van der Waals surface area contributed by atoms with E-state index in [2.05, 4.69) is 10.2 Å². The molecule has 19 heavy (non-hydrogen) atoms. The summed E-state index contributed by atoms with van der Waals surface area (Å²) in [5.74, 6) is 0. The zero-order chi connectivity index (χ0) is 13.6. The minimum atomic E-state index is 0.615. The van der Waals surface area contributed by atoms with Gasteiger partial charge in [0.25, 0.3) is 0 Å². The molecular weight excluding hydrogens is 248 g/mol. The van der Waals surface area contributed by atoms with Gasteiger partial charge in [0.1, 0.15) is 0 Å². The summed E-state index contributed by atoms with van der Waals surface area (Å²) in [6.45, 7) is 10.0. The van der Waals surface area contributed by atoms with Crippen molar-refractivity contribution in [3.8, 4) is 0 Å². The SMILES string of the molecule is COCCOCCOCCOCCN1CCNCC1. The number of methoxy groups -OCH3 is 1. The molecule has 0 amide bonds. The molecule has 1 aliphatic rings. The second kappa shape index (κ2) is 12.8. The molecule has 1 heterocycles. The fraction of sp³-hybridized carbons (Fsp3) is 1.00. The highest BCUT2D eigenvalue weighted by Crippen LogP contribution is 1.91. The fourth-order valence-electron chi connectivity index (χ4n) is 1.81. The third-order valence-corrected chi connectivity index (χ3v) is 2.94. The molecule has 1 N–H and O–H groups in total. The van der Waals surface area contributed by atoms with Gasteiger partial charge in [0.2, 0.25) is 0 Å². The first-order valence-corrected chi connectivity index (χ1v) is 7.08. The monoisotopic (exact) mass is 276 g/mol. The molecule has 114 valence electrons. The van der Waals surface area contributed by atoms with Crippen LogP contribution in [0.15, 0.2) is 0 Å². The van der Waals surface area contributed by atoms with Gasteiger partial charge in [0.15, 0.2) is 0 Å². The van der Waals surface area contributed by atoms with Crippen molar-refractivity contribution < 1.29 is 18.9 Å². The first kappa shape index (κ1) is 16.8. The predicted molar refractivity (Wildman–Crippen MR) is 73.6 cm³/mol. The topological polar surface area (TPSA) is 52.2 Å². The van der Waals surface area contributed by atoms with Crippen LogP contribution in [-0.2, 0) is 18.9 Å². The van der Waals surface area contributed by atoms with E-state index in [1.807, 2.05) is 0 Å². The highest BCUT2D eigenvalue weighted by molar-refractivity contribution is 4.66. The fourth-order valence-corrected chi connectivity index (χ4v) is 1.81. The van der Waals surface area contributed by atoms with E-state index >= 15 is 0 Å². The van der Waals surface area contributed by atoms with E-state index in [-0.39, 0.29) is 0 Å². The lowest BCUT2D eigenvalue weighted by atomic mass is 10.4. The maximum absolute atomic E-state index is 5.53. The molecule has 0 radical (unpaired) electrons. The van der Waals surface area contributed by atoms with Gasteiger partial charge in [0, 0.05) is 39.8 Å². The van der Waals surface area contributed by atoms with E-state index in [1.165, 1.54) is 0 Å². The molecule has 0 spiro atoms. The summed E-state index contributed by atoms with van der Waals surface area (Å²) >= 11 is 0. The van der Waals surface area contributed by atoms with Gasteiger partial charge in [0.05, 0.1) is 46.2 Å². The van der Waals surface area contributed by atoms with Crippen LogP contribution in [0.4, 0.5) is 0 Å². The van der Waals surface area contributed by atoms with Gasteiger partial charge in [-0.1, -0.05) is 0 Å². The van der Waals surface area contributed by atoms with E-state index in [4.69, 9.17) is 18.9 Å². The van der Waals surface area contributed by atoms with Crippen LogP contribution in [-0.4, -0.2) is 91.0 Å². The number of hydrogen-bond acceptors (Lipinski definition) is 6. The molecular formula is C13H28N2O4. The minimum absolute atomic E-state index is 0.615. The molecule has 0 bridgehead atoms. The van der Waals surface area contributed by atoms with Crippen LogP contribution in [0.1, 0.15) is 0 Å². The standard InChI is InChI=1S/C13H28N2O4/c1-16-8-9-18-12-13-19-11-10-17-7-6-15-4-2-14-3-5-15/h14H,2-13H2,1H3. The molecule has 1 saturated heterocycles. The predicted octanol–water partition coefficient (Wildman–Crippen LogP) is -0.412. The van der Waals surface area contributed by atoms with E-state index in [0.29, 0.717) is 39.6 Å². The molecule has 1 aliphatic heterocycles. The summed E-state index contributed by atoms with van der Waals surface area (Å²) in [5, 5.41) is 3.34. The van der Waals surface area contributed by atoms with E-state index in [1.54, 1.807) is 7.11 Å². The molecule has 1 fully saturated rings. The molecule has 6 heteroatoms. The van der Waals surface area contributed by atoms with Crippen molar-refractivity contribution in [3.05, 3.63) is 0 Å². The van der Waals surface area contributed by atoms with Gasteiger partial charge in [-0.3, -0.25) is 4.90 Å². The summed E-state index contributed by atoms with van der Waals surface area (Å²) in [7, 11) is 1.66. The molecule has 0 atom stereocenters. The van der Waals surface area contributed by atoms with E-state index in [0.717, 1.165) is 39.3 Å². The molecule has 1 rings (SSSR count). The molecule has 0 saturated carbocycles. The normalized spacial score (nSPS) is 16.9. The number of nitrogens with zero attached hydrogens (tertiary/aromatic N) is 1. The highest BCUT2D eigenvalue weighted by Gasteiger charge is 2.08. The van der Waals surface area contributed by atoms with Gasteiger partial charge in [-0.2, -0.15) is 0 Å². The first-order chi connectivity index (χ1) is 9.43. The third kappa shape index (κ3) is 10.2. The Balaban J connectivity index is 1.71. The lowest BCUT2D eigenvalue weighted by molar-refractivity contribution is 0.000733. The van der Waals surface area contributed by atoms with Crippen molar-refractivity contribution in [2.75, 3.05) is 86.1 Å². The van der Waals surface area contributed by atoms with Crippen molar-refractivity contribution in [2.24, 2.45) is 0 Å². The van der Waals surface area contributed by atoms with Gasteiger partial charge >= 0.3 is 0 Å². The Bertz CT molecular complexity index is 189. The zero-order valence-electron chi connectivity index (χ0n) is 12.1. The lowest BCUT2D eigenvalue weighted by Crippen LogP contribution is -2.44. The summed E-state index contributed by atoms with van der Waals surface area (Å²) in [6.07, 6.45) is 0. The maximum Gasteiger partial charge on any atom is 0.0701 e. The van der Waals surface area contributed by atoms with E-state index in [9.17, 15) is 0 Å². The Morgan fingerprint density at radius 1 is 0.789 bits per heavy atom. The number of ether oxygens (including phenoxy) is 4. The Hall–Kier alpha value is -0.240. The Morgan fingerprint density at radius 2 is 1.32 bits per heavy atom. The maximum atomic E-state index is 5.53. The second-order valence-electron chi connectivity index (χ2n) is 4.42. The molecule has 0 unspecified atom stereocenters. The summed E-state index contributed by atoms with van der Waals surface area (Å²) in [5.41, 5.74) is 0. The lowest BCUT2D eigenvalue weighted by Gasteiger charge is -2.26. The van der Waals surface area contributed by atoms with Crippen LogP contribution < -0.4 is 5.32 Å². The number of nitrogens with one attached hydrogen (secondary N) is 1. The van der Waals surface area contributed by atoms with Crippen LogP contribution in [0, 0.1) is 0 Å². The quantitative estimate of drug-likeness (QED) is 0.489. The van der Waals surface area contributed by atoms with Gasteiger partial charge in [-0.05, 0) is 0 Å². The van der Waals surface area contributed by atoms with Crippen LogP contribution in [0.5, 0.6) is 0 Å². The third-order valence-electron chi connectivity index (χ3n) is 2.94. The van der Waals surface area contributed by atoms with Crippen molar-refractivity contribution in [1.82, 2.24) is 10.2 Å². The van der Waals surface area contributed by atoms with Crippen LogP contribution in [0.3, 0.4) is 0 Å². The molecule has 0 aromatic rings. The van der Waals surface area contributed by atoms with Crippen LogP contribution in [0.2, 0.25) is 0 Å². The number of piperazine rings is 1. The smallest absolute Gasteiger partial charge is 0.0701 e. The minimum Gasteiger partial charge on any atom is -0.382 e. The molecule has 0 aromatic carbocycles. The average molecular weight is 276 g/mol. The second-order valence-corrected chi connectivity index (χ2v) is 4.42. The number of rotatable bonds is 12. The summed E-state index contributed by atoms with van der Waals surface area (Å²) in [6, 6.07) is 0. The Morgan fingerprint density at radius 3 is 1.89 bits per heavy atom. The van der Waals surface area contributed by atoms with Crippen molar-refractivity contribution in [1.29, 1.82) is 0 Å². The molecule has 0 aromatic heterocycles. The van der Waals surface area contributed by atoms with Crippen molar-refractivity contribution in [2.45, 2.75) is 0 Å². The zero-order valence-corrected chi connectivity index (χ0v) is 12.1. The Labute approximate surface area is 116 Å².